The fraction of sp³-hybridized carbons (Fsp3) is 0.550. The molecular formula is C20H27N3O4. The van der Waals surface area contributed by atoms with E-state index in [-0.39, 0.29) is 24.3 Å². The molecule has 27 heavy (non-hydrogen) atoms. The lowest BCUT2D eigenvalue weighted by Crippen LogP contribution is -2.40. The van der Waals surface area contributed by atoms with Gasteiger partial charge in [0.05, 0.1) is 6.61 Å². The van der Waals surface area contributed by atoms with Gasteiger partial charge in [-0.3, -0.25) is 4.79 Å². The summed E-state index contributed by atoms with van der Waals surface area (Å²) in [5.74, 6) is 3.27. The van der Waals surface area contributed by atoms with E-state index >= 15 is 0 Å². The molecule has 1 amide bonds. The van der Waals surface area contributed by atoms with Crippen LogP contribution >= 0.6 is 0 Å². The molecule has 2 aromatic rings. The first kappa shape index (κ1) is 19.2. The highest BCUT2D eigenvalue weighted by atomic mass is 16.5. The van der Waals surface area contributed by atoms with E-state index in [4.69, 9.17) is 13.9 Å². The molecule has 1 fully saturated rings. The number of nitrogens with zero attached hydrogens (tertiary/aromatic N) is 3. The zero-order valence-electron chi connectivity index (χ0n) is 16.2. The predicted octanol–water partition coefficient (Wildman–Crippen LogP) is 3.38. The van der Waals surface area contributed by atoms with E-state index < -0.39 is 0 Å². The number of hydrogen-bond acceptors (Lipinski definition) is 6. The average molecular weight is 373 g/mol. The van der Waals surface area contributed by atoms with Gasteiger partial charge in [-0.15, -0.1) is 10.2 Å². The van der Waals surface area contributed by atoms with Crippen LogP contribution in [0.2, 0.25) is 0 Å². The van der Waals surface area contributed by atoms with Gasteiger partial charge < -0.3 is 18.8 Å². The maximum absolute atomic E-state index is 12.4. The number of rotatable bonds is 7. The molecule has 0 unspecified atom stereocenters. The smallest absolute Gasteiger partial charge is 0.260 e. The zero-order valence-corrected chi connectivity index (χ0v) is 16.2. The lowest BCUT2D eigenvalue weighted by atomic mass is 9.97. The Balaban J connectivity index is 1.45. The second-order valence-corrected chi connectivity index (χ2v) is 6.98. The lowest BCUT2D eigenvalue weighted by molar-refractivity contribution is -0.134. The number of piperidine rings is 1. The maximum atomic E-state index is 12.4. The van der Waals surface area contributed by atoms with E-state index in [9.17, 15) is 4.79 Å². The molecule has 7 heteroatoms. The molecule has 0 spiro atoms. The minimum absolute atomic E-state index is 0.00395. The molecule has 0 aliphatic carbocycles. The first-order chi connectivity index (χ1) is 13.1. The van der Waals surface area contributed by atoms with Crippen LogP contribution in [0.1, 0.15) is 57.2 Å². The van der Waals surface area contributed by atoms with Crippen molar-refractivity contribution in [2.45, 2.75) is 45.4 Å². The summed E-state index contributed by atoms with van der Waals surface area (Å²) < 4.78 is 16.8. The highest BCUT2D eigenvalue weighted by Gasteiger charge is 2.27. The van der Waals surface area contributed by atoms with Crippen LogP contribution in [0.5, 0.6) is 11.5 Å². The van der Waals surface area contributed by atoms with Crippen LogP contribution in [0.25, 0.3) is 0 Å². The molecule has 2 heterocycles. The standard InChI is InChI=1S/C20H27N3O4/c1-4-25-16-5-7-17(8-6-16)26-13-18(24)23-11-9-15(10-12-23)20-22-21-19(27-20)14(2)3/h5-8,14-15H,4,9-13H2,1-3H3. The van der Waals surface area contributed by atoms with Crippen molar-refractivity contribution >= 4 is 5.91 Å². The van der Waals surface area contributed by atoms with Gasteiger partial charge in [-0.1, -0.05) is 13.8 Å². The summed E-state index contributed by atoms with van der Waals surface area (Å²) in [6.45, 7) is 8.01. The van der Waals surface area contributed by atoms with Crippen molar-refractivity contribution in [3.05, 3.63) is 36.0 Å². The van der Waals surface area contributed by atoms with Crippen LogP contribution in [0.3, 0.4) is 0 Å². The molecule has 1 aliphatic rings. The van der Waals surface area contributed by atoms with Crippen LogP contribution in [-0.4, -0.2) is 47.3 Å². The molecule has 146 valence electrons. The van der Waals surface area contributed by atoms with Gasteiger partial charge in [0.15, 0.2) is 6.61 Å². The van der Waals surface area contributed by atoms with Crippen LogP contribution < -0.4 is 9.47 Å². The fourth-order valence-corrected chi connectivity index (χ4v) is 3.06. The van der Waals surface area contributed by atoms with Crippen LogP contribution in [0.15, 0.2) is 28.7 Å². The van der Waals surface area contributed by atoms with Crippen molar-refractivity contribution in [3.63, 3.8) is 0 Å². The Labute approximate surface area is 159 Å². The summed E-state index contributed by atoms with van der Waals surface area (Å²) >= 11 is 0. The molecule has 3 rings (SSSR count). The molecule has 0 bridgehead atoms. The number of hydrogen-bond donors (Lipinski definition) is 0. The van der Waals surface area contributed by atoms with E-state index in [1.54, 1.807) is 0 Å². The zero-order chi connectivity index (χ0) is 19.2. The molecule has 1 aliphatic heterocycles. The summed E-state index contributed by atoms with van der Waals surface area (Å²) in [5.41, 5.74) is 0. The Morgan fingerprint density at radius 3 is 2.33 bits per heavy atom. The van der Waals surface area contributed by atoms with Gasteiger partial charge in [-0.2, -0.15) is 0 Å². The topological polar surface area (TPSA) is 77.7 Å². The Bertz CT molecular complexity index is 734. The molecule has 1 saturated heterocycles. The molecule has 0 saturated carbocycles. The molecule has 1 aromatic carbocycles. The summed E-state index contributed by atoms with van der Waals surface area (Å²) in [6.07, 6.45) is 1.66. The van der Waals surface area contributed by atoms with Gasteiger partial charge in [0, 0.05) is 24.9 Å². The highest BCUT2D eigenvalue weighted by molar-refractivity contribution is 5.77. The predicted molar refractivity (Wildman–Crippen MR) is 100 cm³/mol. The van der Waals surface area contributed by atoms with E-state index in [2.05, 4.69) is 10.2 Å². The van der Waals surface area contributed by atoms with Crippen molar-refractivity contribution in [2.75, 3.05) is 26.3 Å². The summed E-state index contributed by atoms with van der Waals surface area (Å²) in [7, 11) is 0. The van der Waals surface area contributed by atoms with Gasteiger partial charge in [-0.25, -0.2) is 0 Å². The SMILES string of the molecule is CCOc1ccc(OCC(=O)N2CCC(c3nnc(C(C)C)o3)CC2)cc1. The second-order valence-electron chi connectivity index (χ2n) is 6.98. The van der Waals surface area contributed by atoms with Crippen molar-refractivity contribution in [1.29, 1.82) is 0 Å². The Morgan fingerprint density at radius 1 is 1.15 bits per heavy atom. The second kappa shape index (κ2) is 8.88. The number of ether oxygens (including phenoxy) is 2. The monoisotopic (exact) mass is 373 g/mol. The van der Waals surface area contributed by atoms with Crippen LogP contribution in [0.4, 0.5) is 0 Å². The Kier molecular flexibility index (Phi) is 6.32. The molecular weight excluding hydrogens is 346 g/mol. The van der Waals surface area contributed by atoms with Crippen molar-refractivity contribution in [1.82, 2.24) is 15.1 Å². The van der Waals surface area contributed by atoms with Gasteiger partial charge in [0.1, 0.15) is 11.5 Å². The Morgan fingerprint density at radius 2 is 1.78 bits per heavy atom. The molecule has 7 nitrogen and oxygen atoms in total. The molecule has 0 radical (unpaired) electrons. The number of amides is 1. The molecule has 1 aromatic heterocycles. The normalized spacial score (nSPS) is 15.2. The highest BCUT2D eigenvalue weighted by Crippen LogP contribution is 2.28. The first-order valence-corrected chi connectivity index (χ1v) is 9.53. The number of benzene rings is 1. The maximum Gasteiger partial charge on any atom is 0.260 e. The van der Waals surface area contributed by atoms with Crippen molar-refractivity contribution in [2.24, 2.45) is 0 Å². The van der Waals surface area contributed by atoms with Crippen LogP contribution in [-0.2, 0) is 4.79 Å². The van der Waals surface area contributed by atoms with Gasteiger partial charge in [0.25, 0.3) is 5.91 Å². The van der Waals surface area contributed by atoms with E-state index in [1.165, 1.54) is 0 Å². The third-order valence-corrected chi connectivity index (χ3v) is 4.64. The fourth-order valence-electron chi connectivity index (χ4n) is 3.06. The van der Waals surface area contributed by atoms with E-state index in [1.807, 2.05) is 49.9 Å². The largest absolute Gasteiger partial charge is 0.494 e. The average Bonchev–Trinajstić information content (AvgIpc) is 3.18. The van der Waals surface area contributed by atoms with Crippen LogP contribution in [0, 0.1) is 0 Å². The van der Waals surface area contributed by atoms with E-state index in [0.717, 1.165) is 18.6 Å². The number of aromatic nitrogens is 2. The third kappa shape index (κ3) is 4.99. The number of carbonyl (C=O) groups excluding carboxylic acids is 1. The van der Waals surface area contributed by atoms with E-state index in [0.29, 0.717) is 37.2 Å². The molecule has 0 N–H and O–H groups in total. The van der Waals surface area contributed by atoms with Crippen molar-refractivity contribution in [3.8, 4) is 11.5 Å². The molecule has 0 atom stereocenters. The summed E-state index contributed by atoms with van der Waals surface area (Å²) in [5, 5.41) is 8.27. The van der Waals surface area contributed by atoms with Gasteiger partial charge in [0.2, 0.25) is 11.8 Å². The first-order valence-electron chi connectivity index (χ1n) is 9.53. The minimum Gasteiger partial charge on any atom is -0.494 e. The third-order valence-electron chi connectivity index (χ3n) is 4.64. The quantitative estimate of drug-likeness (QED) is 0.740. The van der Waals surface area contributed by atoms with Gasteiger partial charge in [-0.05, 0) is 44.0 Å². The van der Waals surface area contributed by atoms with Gasteiger partial charge >= 0.3 is 0 Å². The minimum atomic E-state index is -0.00395. The summed E-state index contributed by atoms with van der Waals surface area (Å²) in [6, 6.07) is 7.30. The van der Waals surface area contributed by atoms with Crippen molar-refractivity contribution < 1.29 is 18.7 Å². The number of carbonyl (C=O) groups is 1. The lowest BCUT2D eigenvalue weighted by Gasteiger charge is -2.30. The Hall–Kier alpha value is -2.57. The number of likely N-dealkylation sites (tertiary alicyclic amines) is 1. The summed E-state index contributed by atoms with van der Waals surface area (Å²) in [4.78, 5) is 14.2.